The van der Waals surface area contributed by atoms with E-state index in [4.69, 9.17) is 0 Å². The molecule has 6 heterocycles. The minimum atomic E-state index is -4.54. The second kappa shape index (κ2) is 8.44. The van der Waals surface area contributed by atoms with Gasteiger partial charge in [-0.05, 0) is 43.9 Å². The fourth-order valence-corrected chi connectivity index (χ4v) is 5.01. The third-order valence-corrected chi connectivity index (χ3v) is 6.60. The Morgan fingerprint density at radius 3 is 2.81 bits per heavy atom. The predicted molar refractivity (Wildman–Crippen MR) is 128 cm³/mol. The number of carbonyl (C=O) groups is 1. The van der Waals surface area contributed by atoms with E-state index in [1.165, 1.54) is 35.4 Å². The van der Waals surface area contributed by atoms with Crippen molar-refractivity contribution < 1.29 is 18.0 Å². The van der Waals surface area contributed by atoms with Crippen LogP contribution >= 0.6 is 0 Å². The number of alkyl halides is 3. The Bertz CT molecular complexity index is 1630. The van der Waals surface area contributed by atoms with Crippen LogP contribution in [-0.4, -0.2) is 65.5 Å². The van der Waals surface area contributed by atoms with Gasteiger partial charge in [0.1, 0.15) is 6.04 Å². The number of hydrogen-bond donors (Lipinski definition) is 1. The van der Waals surface area contributed by atoms with Gasteiger partial charge in [-0.3, -0.25) is 4.79 Å². The van der Waals surface area contributed by atoms with E-state index in [1.54, 1.807) is 9.42 Å². The molecule has 0 saturated heterocycles. The summed E-state index contributed by atoms with van der Waals surface area (Å²) in [4.78, 5) is 25.1. The van der Waals surface area contributed by atoms with Crippen LogP contribution in [0, 0.1) is 0 Å². The number of rotatable bonds is 4. The van der Waals surface area contributed by atoms with Gasteiger partial charge >= 0.3 is 6.18 Å². The zero-order chi connectivity index (χ0) is 25.9. The van der Waals surface area contributed by atoms with Crippen molar-refractivity contribution in [3.63, 3.8) is 0 Å². The molecule has 0 aliphatic carbocycles. The summed E-state index contributed by atoms with van der Waals surface area (Å²) in [5, 5.41) is 8.84. The smallest absolute Gasteiger partial charge is 0.348 e. The van der Waals surface area contributed by atoms with Gasteiger partial charge < -0.3 is 14.8 Å². The molecule has 12 heteroatoms. The van der Waals surface area contributed by atoms with Crippen LogP contribution < -0.4 is 0 Å². The van der Waals surface area contributed by atoms with E-state index >= 15 is 0 Å². The zero-order valence-corrected chi connectivity index (χ0v) is 20.1. The van der Waals surface area contributed by atoms with Crippen LogP contribution in [0.2, 0.25) is 0 Å². The zero-order valence-electron chi connectivity index (χ0n) is 20.1. The Labute approximate surface area is 209 Å². The maximum Gasteiger partial charge on any atom is 0.418 e. The molecule has 5 aromatic rings. The molecule has 6 rings (SSSR count). The SMILES string of the molecule is CN(C)Cc1ccc2c(C(=O)N3CCc4[nH]cnc4[C@H]3c3cc4c(C(F)(F)F)cccn4n3)cnn2c1. The minimum absolute atomic E-state index is 0.0792. The van der Waals surface area contributed by atoms with Crippen LogP contribution in [0.5, 0.6) is 0 Å². The molecular formula is C25H23F3N8O. The molecule has 1 atom stereocenters. The second-order valence-electron chi connectivity index (χ2n) is 9.40. The van der Waals surface area contributed by atoms with Crippen LogP contribution in [0.25, 0.3) is 11.0 Å². The monoisotopic (exact) mass is 508 g/mol. The summed E-state index contributed by atoms with van der Waals surface area (Å²) in [5.41, 5.74) is 2.93. The molecule has 9 nitrogen and oxygen atoms in total. The Hall–Kier alpha value is -4.19. The molecule has 190 valence electrons. The highest BCUT2D eigenvalue weighted by Crippen LogP contribution is 2.37. The van der Waals surface area contributed by atoms with E-state index in [0.29, 0.717) is 35.4 Å². The van der Waals surface area contributed by atoms with Crippen LogP contribution in [-0.2, 0) is 19.1 Å². The number of aromatic amines is 1. The largest absolute Gasteiger partial charge is 0.418 e. The summed E-state index contributed by atoms with van der Waals surface area (Å²) in [6.45, 7) is 1.07. The van der Waals surface area contributed by atoms with E-state index < -0.39 is 17.8 Å². The first-order valence-electron chi connectivity index (χ1n) is 11.7. The molecule has 0 saturated carbocycles. The van der Waals surface area contributed by atoms with Gasteiger partial charge in [0.05, 0.1) is 46.1 Å². The maximum absolute atomic E-state index is 13.9. The number of halogens is 3. The maximum atomic E-state index is 13.9. The van der Waals surface area contributed by atoms with Gasteiger partial charge in [-0.2, -0.15) is 23.4 Å². The molecule has 1 amide bonds. The lowest BCUT2D eigenvalue weighted by Gasteiger charge is -2.33. The highest BCUT2D eigenvalue weighted by molar-refractivity contribution is 6.01. The summed E-state index contributed by atoms with van der Waals surface area (Å²) in [6, 6.07) is 6.77. The van der Waals surface area contributed by atoms with Gasteiger partial charge in [0, 0.05) is 37.6 Å². The van der Waals surface area contributed by atoms with Gasteiger partial charge in [-0.15, -0.1) is 0 Å². The van der Waals surface area contributed by atoms with E-state index in [0.717, 1.165) is 23.9 Å². The molecule has 0 fully saturated rings. The first-order valence-corrected chi connectivity index (χ1v) is 11.7. The molecule has 0 unspecified atom stereocenters. The lowest BCUT2D eigenvalue weighted by atomic mass is 9.98. The fourth-order valence-electron chi connectivity index (χ4n) is 5.01. The lowest BCUT2D eigenvalue weighted by molar-refractivity contribution is -0.136. The summed E-state index contributed by atoms with van der Waals surface area (Å²) < 4.78 is 43.9. The highest BCUT2D eigenvalue weighted by Gasteiger charge is 2.39. The molecule has 5 aromatic heterocycles. The molecule has 37 heavy (non-hydrogen) atoms. The number of amides is 1. The van der Waals surface area contributed by atoms with Crippen molar-refractivity contribution in [1.29, 1.82) is 0 Å². The third-order valence-electron chi connectivity index (χ3n) is 6.60. The van der Waals surface area contributed by atoms with Gasteiger partial charge in [0.2, 0.25) is 0 Å². The average Bonchev–Trinajstić information content (AvgIpc) is 3.58. The molecule has 0 radical (unpaired) electrons. The number of nitrogens with zero attached hydrogens (tertiary/aromatic N) is 7. The predicted octanol–water partition coefficient (Wildman–Crippen LogP) is 3.57. The fraction of sp³-hybridized carbons (Fsp3) is 0.280. The van der Waals surface area contributed by atoms with Crippen molar-refractivity contribution in [3.05, 3.63) is 89.0 Å². The van der Waals surface area contributed by atoms with Crippen LogP contribution in [0.3, 0.4) is 0 Å². The standard InChI is InChI=1S/C25H23F3N8O/c1-33(2)12-15-5-6-20-16(11-31-36(20)13-15)24(37)34-9-7-18-22(30-14-29-18)23(34)19-10-21-17(25(26,27)28)4-3-8-35(21)32-19/h3-6,8,10-11,13-14,23H,7,9,12H2,1-2H3,(H,29,30)/t23-/m1/s1. The summed E-state index contributed by atoms with van der Waals surface area (Å²) >= 11 is 0. The lowest BCUT2D eigenvalue weighted by Crippen LogP contribution is -2.41. The second-order valence-corrected chi connectivity index (χ2v) is 9.40. The van der Waals surface area contributed by atoms with Crippen molar-refractivity contribution in [3.8, 4) is 0 Å². The quantitative estimate of drug-likeness (QED) is 0.401. The van der Waals surface area contributed by atoms with Gasteiger partial charge in [0.15, 0.2) is 0 Å². The number of aromatic nitrogens is 6. The molecule has 0 spiro atoms. The summed E-state index contributed by atoms with van der Waals surface area (Å²) in [7, 11) is 3.94. The molecule has 1 aliphatic rings. The first-order chi connectivity index (χ1) is 17.7. The number of H-pyrrole nitrogens is 1. The highest BCUT2D eigenvalue weighted by atomic mass is 19.4. The third kappa shape index (κ3) is 3.93. The van der Waals surface area contributed by atoms with E-state index in [2.05, 4.69) is 20.2 Å². The van der Waals surface area contributed by atoms with Gasteiger partial charge in [-0.1, -0.05) is 6.07 Å². The molecule has 1 aliphatic heterocycles. The number of hydrogen-bond acceptors (Lipinski definition) is 5. The molecule has 0 aromatic carbocycles. The molecular weight excluding hydrogens is 485 g/mol. The Balaban J connectivity index is 1.43. The Morgan fingerprint density at radius 1 is 1.19 bits per heavy atom. The number of carbonyl (C=O) groups excluding carboxylic acids is 1. The van der Waals surface area contributed by atoms with Crippen molar-refractivity contribution in [1.82, 2.24) is 39.0 Å². The number of fused-ring (bicyclic) bond motifs is 3. The van der Waals surface area contributed by atoms with Gasteiger partial charge in [-0.25, -0.2) is 14.0 Å². The number of imidazole rings is 1. The summed E-state index contributed by atoms with van der Waals surface area (Å²) in [6.07, 6.45) is 2.40. The van der Waals surface area contributed by atoms with Gasteiger partial charge in [0.25, 0.3) is 5.91 Å². The van der Waals surface area contributed by atoms with Crippen LogP contribution in [0.1, 0.15) is 44.6 Å². The Kier molecular flexibility index (Phi) is 5.30. The topological polar surface area (TPSA) is 86.8 Å². The normalized spacial score (nSPS) is 16.2. The van der Waals surface area contributed by atoms with E-state index in [9.17, 15) is 18.0 Å². The molecule has 0 bridgehead atoms. The van der Waals surface area contributed by atoms with Crippen LogP contribution in [0.15, 0.2) is 55.2 Å². The Morgan fingerprint density at radius 2 is 2.03 bits per heavy atom. The average molecular weight is 509 g/mol. The van der Waals surface area contributed by atoms with E-state index in [-0.39, 0.29) is 11.4 Å². The summed E-state index contributed by atoms with van der Waals surface area (Å²) in [5.74, 6) is -0.290. The minimum Gasteiger partial charge on any atom is -0.348 e. The van der Waals surface area contributed by atoms with E-state index in [1.807, 2.05) is 37.3 Å². The van der Waals surface area contributed by atoms with Crippen molar-refractivity contribution in [2.75, 3.05) is 20.6 Å². The molecule has 1 N–H and O–H groups in total. The number of pyridine rings is 2. The van der Waals surface area contributed by atoms with Crippen LogP contribution in [0.4, 0.5) is 13.2 Å². The number of nitrogens with one attached hydrogen (secondary N) is 1. The first kappa shape index (κ1) is 23.2. The van der Waals surface area contributed by atoms with Crippen molar-refractivity contribution >= 4 is 16.9 Å². The van der Waals surface area contributed by atoms with Crippen molar-refractivity contribution in [2.24, 2.45) is 0 Å². The van der Waals surface area contributed by atoms with Crippen molar-refractivity contribution in [2.45, 2.75) is 25.2 Å².